The predicted octanol–water partition coefficient (Wildman–Crippen LogP) is 0.567. The highest BCUT2D eigenvalue weighted by Gasteiger charge is 2.39. The molecule has 3 rings (SSSR count). The van der Waals surface area contributed by atoms with Gasteiger partial charge in [0.1, 0.15) is 6.04 Å². The van der Waals surface area contributed by atoms with Gasteiger partial charge < -0.3 is 14.5 Å². The third kappa shape index (κ3) is 3.53. The quantitative estimate of drug-likeness (QED) is 0.762. The Hall–Kier alpha value is -1.14. The van der Waals surface area contributed by atoms with Crippen molar-refractivity contribution in [3.8, 4) is 0 Å². The average molecular weight is 323 g/mol. The molecule has 0 aromatic heterocycles. The summed E-state index contributed by atoms with van der Waals surface area (Å²) in [4.78, 5) is 31.1. The van der Waals surface area contributed by atoms with Crippen LogP contribution >= 0.6 is 0 Å². The molecule has 2 amide bonds. The molecule has 0 N–H and O–H groups in total. The zero-order valence-corrected chi connectivity index (χ0v) is 14.4. The largest absolute Gasteiger partial charge is 0.379 e. The third-order valence-corrected chi connectivity index (χ3v) is 5.58. The standard InChI is InChI=1S/C17H29N3O3/c1-13-11-19(12-15(13)18-7-9-23-10-8-18)17(22)14(2)20-6-4-3-5-16(20)21/h13-15H,3-12H2,1-2H3/t13-,14-,15-/m1/s1. The number of hydrogen-bond donors (Lipinski definition) is 0. The zero-order chi connectivity index (χ0) is 16.4. The number of rotatable bonds is 3. The van der Waals surface area contributed by atoms with Crippen molar-refractivity contribution in [1.29, 1.82) is 0 Å². The minimum atomic E-state index is -0.321. The molecule has 0 aliphatic carbocycles. The van der Waals surface area contributed by atoms with E-state index in [9.17, 15) is 9.59 Å². The lowest BCUT2D eigenvalue weighted by atomic mass is 10.0. The van der Waals surface area contributed by atoms with Crippen LogP contribution < -0.4 is 0 Å². The highest BCUT2D eigenvalue weighted by molar-refractivity contribution is 5.88. The summed E-state index contributed by atoms with van der Waals surface area (Å²) in [6, 6.07) is 0.102. The van der Waals surface area contributed by atoms with Crippen molar-refractivity contribution in [2.45, 2.75) is 45.2 Å². The maximum absolute atomic E-state index is 12.9. The van der Waals surface area contributed by atoms with Gasteiger partial charge in [-0.2, -0.15) is 0 Å². The van der Waals surface area contributed by atoms with E-state index in [-0.39, 0.29) is 17.9 Å². The van der Waals surface area contributed by atoms with Gasteiger partial charge in [-0.15, -0.1) is 0 Å². The first kappa shape index (κ1) is 16.7. The summed E-state index contributed by atoms with van der Waals surface area (Å²) < 4.78 is 5.43. The van der Waals surface area contributed by atoms with E-state index < -0.39 is 0 Å². The minimum Gasteiger partial charge on any atom is -0.379 e. The van der Waals surface area contributed by atoms with Gasteiger partial charge in [0.15, 0.2) is 0 Å². The molecule has 6 heteroatoms. The minimum absolute atomic E-state index is 0.114. The molecule has 0 radical (unpaired) electrons. The van der Waals surface area contributed by atoms with Crippen molar-refractivity contribution >= 4 is 11.8 Å². The smallest absolute Gasteiger partial charge is 0.245 e. The molecular formula is C17H29N3O3. The number of amides is 2. The first-order valence-corrected chi connectivity index (χ1v) is 8.98. The van der Waals surface area contributed by atoms with Gasteiger partial charge in [-0.25, -0.2) is 0 Å². The summed E-state index contributed by atoms with van der Waals surface area (Å²) in [5, 5.41) is 0. The summed E-state index contributed by atoms with van der Waals surface area (Å²) in [7, 11) is 0. The average Bonchev–Trinajstić information content (AvgIpc) is 2.96. The molecule has 23 heavy (non-hydrogen) atoms. The normalized spacial score (nSPS) is 31.5. The van der Waals surface area contributed by atoms with Crippen LogP contribution in [0.1, 0.15) is 33.1 Å². The molecule has 0 aromatic rings. The van der Waals surface area contributed by atoms with Crippen LogP contribution in [-0.2, 0) is 14.3 Å². The monoisotopic (exact) mass is 323 g/mol. The topological polar surface area (TPSA) is 53.1 Å². The fraction of sp³-hybridized carbons (Fsp3) is 0.882. The maximum atomic E-state index is 12.9. The molecule has 0 bridgehead atoms. The van der Waals surface area contributed by atoms with Crippen LogP contribution in [0.4, 0.5) is 0 Å². The zero-order valence-electron chi connectivity index (χ0n) is 14.4. The van der Waals surface area contributed by atoms with Gasteiger partial charge >= 0.3 is 0 Å². The van der Waals surface area contributed by atoms with Gasteiger partial charge in [-0.05, 0) is 25.7 Å². The van der Waals surface area contributed by atoms with E-state index in [0.29, 0.717) is 18.4 Å². The van der Waals surface area contributed by atoms with Crippen molar-refractivity contribution in [3.63, 3.8) is 0 Å². The van der Waals surface area contributed by atoms with Crippen molar-refractivity contribution in [2.24, 2.45) is 5.92 Å². The van der Waals surface area contributed by atoms with Crippen LogP contribution in [0, 0.1) is 5.92 Å². The van der Waals surface area contributed by atoms with E-state index in [1.807, 2.05) is 11.8 Å². The van der Waals surface area contributed by atoms with Crippen LogP contribution in [0.25, 0.3) is 0 Å². The lowest BCUT2D eigenvalue weighted by molar-refractivity contribution is -0.146. The second-order valence-corrected chi connectivity index (χ2v) is 7.16. The Bertz CT molecular complexity index is 450. The summed E-state index contributed by atoms with van der Waals surface area (Å²) in [5.74, 6) is 0.721. The second kappa shape index (κ2) is 7.18. The fourth-order valence-electron chi connectivity index (χ4n) is 4.15. The van der Waals surface area contributed by atoms with Crippen molar-refractivity contribution < 1.29 is 14.3 Å². The molecule has 3 aliphatic heterocycles. The molecular weight excluding hydrogens is 294 g/mol. The maximum Gasteiger partial charge on any atom is 0.245 e. The number of likely N-dealkylation sites (tertiary alicyclic amines) is 2. The van der Waals surface area contributed by atoms with E-state index in [1.54, 1.807) is 4.90 Å². The number of ether oxygens (including phenoxy) is 1. The Morgan fingerprint density at radius 3 is 2.61 bits per heavy atom. The van der Waals surface area contributed by atoms with Crippen LogP contribution in [0.2, 0.25) is 0 Å². The first-order valence-electron chi connectivity index (χ1n) is 8.98. The van der Waals surface area contributed by atoms with E-state index in [4.69, 9.17) is 4.74 Å². The number of nitrogens with zero attached hydrogens (tertiary/aromatic N) is 3. The molecule has 130 valence electrons. The van der Waals surface area contributed by atoms with E-state index in [0.717, 1.165) is 58.8 Å². The molecule has 3 aliphatic rings. The van der Waals surface area contributed by atoms with Crippen molar-refractivity contribution in [3.05, 3.63) is 0 Å². The van der Waals surface area contributed by atoms with Gasteiger partial charge in [0.2, 0.25) is 11.8 Å². The van der Waals surface area contributed by atoms with E-state index in [2.05, 4.69) is 11.8 Å². The Kier molecular flexibility index (Phi) is 5.21. The SMILES string of the molecule is C[C@@H]1CN(C(=O)[C@@H](C)N2CCCCC2=O)C[C@H]1N1CCOCC1. The molecule has 3 heterocycles. The number of piperidine rings is 1. The number of morpholine rings is 1. The lowest BCUT2D eigenvalue weighted by Gasteiger charge is -2.35. The van der Waals surface area contributed by atoms with E-state index >= 15 is 0 Å². The van der Waals surface area contributed by atoms with Crippen molar-refractivity contribution in [1.82, 2.24) is 14.7 Å². The summed E-state index contributed by atoms with van der Waals surface area (Å²) >= 11 is 0. The Morgan fingerprint density at radius 1 is 1.17 bits per heavy atom. The van der Waals surface area contributed by atoms with E-state index in [1.165, 1.54) is 0 Å². The van der Waals surface area contributed by atoms with Crippen LogP contribution in [-0.4, -0.2) is 84.5 Å². The van der Waals surface area contributed by atoms with Gasteiger partial charge in [0.05, 0.1) is 13.2 Å². The molecule has 3 atom stereocenters. The molecule has 0 saturated carbocycles. The summed E-state index contributed by atoms with van der Waals surface area (Å²) in [5.41, 5.74) is 0. The Morgan fingerprint density at radius 2 is 1.91 bits per heavy atom. The fourth-order valence-corrected chi connectivity index (χ4v) is 4.15. The number of carbonyl (C=O) groups is 2. The van der Waals surface area contributed by atoms with Gasteiger partial charge in [0, 0.05) is 45.2 Å². The van der Waals surface area contributed by atoms with Crippen molar-refractivity contribution in [2.75, 3.05) is 45.9 Å². The molecule has 3 fully saturated rings. The van der Waals surface area contributed by atoms with Gasteiger partial charge in [-0.3, -0.25) is 14.5 Å². The Balaban J connectivity index is 1.60. The Labute approximate surface area is 138 Å². The molecule has 3 saturated heterocycles. The second-order valence-electron chi connectivity index (χ2n) is 7.16. The highest BCUT2D eigenvalue weighted by Crippen LogP contribution is 2.24. The van der Waals surface area contributed by atoms with Gasteiger partial charge in [0.25, 0.3) is 0 Å². The van der Waals surface area contributed by atoms with Crippen LogP contribution in [0.15, 0.2) is 0 Å². The van der Waals surface area contributed by atoms with Crippen LogP contribution in [0.5, 0.6) is 0 Å². The highest BCUT2D eigenvalue weighted by atomic mass is 16.5. The summed E-state index contributed by atoms with van der Waals surface area (Å²) in [6.45, 7) is 9.91. The van der Waals surface area contributed by atoms with Crippen LogP contribution in [0.3, 0.4) is 0 Å². The predicted molar refractivity (Wildman–Crippen MR) is 87.0 cm³/mol. The molecule has 0 spiro atoms. The van der Waals surface area contributed by atoms with Gasteiger partial charge in [-0.1, -0.05) is 6.92 Å². The molecule has 6 nitrogen and oxygen atoms in total. The molecule has 0 unspecified atom stereocenters. The third-order valence-electron chi connectivity index (χ3n) is 5.58. The number of hydrogen-bond acceptors (Lipinski definition) is 4. The molecule has 0 aromatic carbocycles. The summed E-state index contributed by atoms with van der Waals surface area (Å²) in [6.07, 6.45) is 2.55. The number of carbonyl (C=O) groups excluding carboxylic acids is 2. The lowest BCUT2D eigenvalue weighted by Crippen LogP contribution is -2.51. The first-order chi connectivity index (χ1) is 11.1.